The molecule has 1 heterocycles. The van der Waals surface area contributed by atoms with Crippen molar-refractivity contribution in [1.29, 1.82) is 0 Å². The average molecular weight is 236 g/mol. The molecule has 10 heavy (non-hydrogen) atoms. The number of aliphatic carboxylic acids is 1. The van der Waals surface area contributed by atoms with Crippen LogP contribution in [0, 0.1) is 13.3 Å². The summed E-state index contributed by atoms with van der Waals surface area (Å²) in [7, 11) is 0. The summed E-state index contributed by atoms with van der Waals surface area (Å²) in [6.45, 7) is 0. The van der Waals surface area contributed by atoms with Gasteiger partial charge in [-0.2, -0.15) is 0 Å². The zero-order chi connectivity index (χ0) is 5.98. The maximum absolute atomic E-state index is 10.1. The summed E-state index contributed by atoms with van der Waals surface area (Å²) in [4.78, 5) is 10.1. The van der Waals surface area contributed by atoms with Gasteiger partial charge in [0.25, 0.3) is 0 Å². The molecule has 0 aromatic heterocycles. The molecule has 0 spiro atoms. The van der Waals surface area contributed by atoms with Crippen molar-refractivity contribution < 1.29 is 42.6 Å². The molecule has 5 heteroatoms. The van der Waals surface area contributed by atoms with Gasteiger partial charge in [0.1, 0.15) is 0 Å². The van der Waals surface area contributed by atoms with Crippen molar-refractivity contribution >= 4 is 17.7 Å². The van der Waals surface area contributed by atoms with E-state index < -0.39 is 5.97 Å². The van der Waals surface area contributed by atoms with E-state index in [1.807, 2.05) is 0 Å². The zero-order valence-corrected chi connectivity index (χ0v) is 9.36. The molecule has 1 aliphatic rings. The topological polar surface area (TPSA) is 49.3 Å². The first-order valence-corrected chi connectivity index (χ1v) is 3.28. The van der Waals surface area contributed by atoms with Gasteiger partial charge in [-0.3, -0.25) is 4.79 Å². The Bertz CT molecular complexity index is 106. The van der Waals surface area contributed by atoms with Crippen LogP contribution >= 0.6 is 11.8 Å². The molecule has 3 nitrogen and oxygen atoms in total. The van der Waals surface area contributed by atoms with Crippen LogP contribution in [0.2, 0.25) is 0 Å². The van der Waals surface area contributed by atoms with Crippen LogP contribution in [0.25, 0.3) is 0 Å². The fourth-order valence-corrected chi connectivity index (χ4v) is 1.25. The monoisotopic (exact) mass is 236 g/mol. The van der Waals surface area contributed by atoms with Crippen molar-refractivity contribution in [2.24, 2.45) is 0 Å². The van der Waals surface area contributed by atoms with Crippen molar-refractivity contribution in [3.63, 3.8) is 0 Å². The third kappa shape index (κ3) is 3.91. The predicted molar refractivity (Wildman–Crippen MR) is 37.7 cm³/mol. The van der Waals surface area contributed by atoms with E-state index in [0.29, 0.717) is 5.75 Å². The van der Waals surface area contributed by atoms with Gasteiger partial charge in [-0.25, -0.2) is 5.88 Å². The van der Waals surface area contributed by atoms with Crippen molar-refractivity contribution in [3.8, 4) is 0 Å². The maximum Gasteiger partial charge on any atom is 0.318 e. The maximum atomic E-state index is 10.1. The van der Waals surface area contributed by atoms with E-state index in [1.54, 1.807) is 5.88 Å². The Hall–Kier alpha value is 0.884. The third-order valence-electron chi connectivity index (χ3n) is 0.914. The summed E-state index contributed by atoms with van der Waals surface area (Å²) in [6, 6.07) is -0.361. The Balaban J connectivity index is 0. The third-order valence-corrected chi connectivity index (χ3v) is 1.74. The van der Waals surface area contributed by atoms with Crippen LogP contribution in [-0.2, 0) is 37.5 Å². The van der Waals surface area contributed by atoms with Gasteiger partial charge in [-0.1, -0.05) is 0 Å². The number of rotatable bonds is 1. The molecule has 1 atom stereocenters. The van der Waals surface area contributed by atoms with Gasteiger partial charge >= 0.3 is 5.97 Å². The molecule has 1 saturated heterocycles. The van der Waals surface area contributed by atoms with Crippen LogP contribution in [0.5, 0.6) is 0 Å². The van der Waals surface area contributed by atoms with Gasteiger partial charge in [0.15, 0.2) is 0 Å². The van der Waals surface area contributed by atoms with Crippen molar-refractivity contribution in [2.45, 2.75) is 6.04 Å². The van der Waals surface area contributed by atoms with Crippen LogP contribution in [0.3, 0.4) is 0 Å². The molecule has 0 aliphatic carbocycles. The standard InChI is InChI=1S/C4H6NO2S.CH3.Y/c6-4(7)3-1-8-2-5-3;;/h2-3,5H,1H2,(H,6,7);1H3;/q2*-1;. The summed E-state index contributed by atoms with van der Waals surface area (Å²) in [6.07, 6.45) is 0. The summed E-state index contributed by atoms with van der Waals surface area (Å²) in [5.74, 6) is 1.58. The molecule has 0 amide bonds. The van der Waals surface area contributed by atoms with Crippen LogP contribution in [0.4, 0.5) is 0 Å². The fraction of sp³-hybridized carbons (Fsp3) is 0.400. The first-order valence-electron chi connectivity index (χ1n) is 2.23. The van der Waals surface area contributed by atoms with Gasteiger partial charge < -0.3 is 29.6 Å². The minimum atomic E-state index is -0.772. The van der Waals surface area contributed by atoms with E-state index in [0.717, 1.165) is 0 Å². The molecular weight excluding hydrogens is 227 g/mol. The molecule has 0 aromatic rings. The summed E-state index contributed by atoms with van der Waals surface area (Å²) in [5, 5.41) is 11.0. The van der Waals surface area contributed by atoms with Crippen molar-refractivity contribution in [3.05, 3.63) is 13.3 Å². The van der Waals surface area contributed by atoms with E-state index >= 15 is 0 Å². The number of hydrogen-bond acceptors (Lipinski definition) is 3. The molecule has 0 aromatic carbocycles. The van der Waals surface area contributed by atoms with E-state index in [4.69, 9.17) is 5.11 Å². The second-order valence-electron chi connectivity index (χ2n) is 1.51. The number of carbonyl (C=O) groups is 1. The van der Waals surface area contributed by atoms with Gasteiger partial charge in [-0.15, -0.1) is 0 Å². The van der Waals surface area contributed by atoms with Gasteiger partial charge in [-0.05, 0) is 5.75 Å². The number of thioether (sulfide) groups is 1. The van der Waals surface area contributed by atoms with Crippen molar-refractivity contribution in [1.82, 2.24) is 5.32 Å². The average Bonchev–Trinajstić information content (AvgIpc) is 2.12. The number of carboxylic acid groups (broad SMARTS) is 1. The zero-order valence-electron chi connectivity index (χ0n) is 5.70. The Morgan fingerprint density at radius 3 is 2.60 bits per heavy atom. The molecule has 1 radical (unpaired) electrons. The van der Waals surface area contributed by atoms with Gasteiger partial charge in [0.2, 0.25) is 0 Å². The Kier molecular flexibility index (Phi) is 8.87. The van der Waals surface area contributed by atoms with E-state index in [1.165, 1.54) is 11.8 Å². The minimum Gasteiger partial charge on any atom is -0.480 e. The van der Waals surface area contributed by atoms with Crippen LogP contribution in [-0.4, -0.2) is 22.9 Å². The Labute approximate surface area is 90.2 Å². The smallest absolute Gasteiger partial charge is 0.318 e. The predicted octanol–water partition coefficient (Wildman–Crippen LogP) is 0.343. The van der Waals surface area contributed by atoms with Crippen LogP contribution in [0.15, 0.2) is 0 Å². The van der Waals surface area contributed by atoms with Gasteiger partial charge in [0.05, 0.1) is 6.04 Å². The second kappa shape index (κ2) is 6.59. The summed E-state index contributed by atoms with van der Waals surface area (Å²) >= 11 is 1.49. The van der Waals surface area contributed by atoms with Gasteiger partial charge in [0, 0.05) is 32.7 Å². The molecule has 1 unspecified atom stereocenters. The molecule has 1 rings (SSSR count). The van der Waals surface area contributed by atoms with Crippen LogP contribution < -0.4 is 5.32 Å². The largest absolute Gasteiger partial charge is 0.480 e. The quantitative estimate of drug-likeness (QED) is 0.645. The molecule has 0 bridgehead atoms. The Morgan fingerprint density at radius 1 is 1.80 bits per heavy atom. The molecule has 0 saturated carbocycles. The first-order chi connectivity index (χ1) is 3.80. The van der Waals surface area contributed by atoms with E-state index in [2.05, 4.69) is 5.32 Å². The summed E-state index contributed by atoms with van der Waals surface area (Å²) in [5.41, 5.74) is 0. The molecule has 1 aliphatic heterocycles. The normalized spacial score (nSPS) is 22.6. The molecule has 1 fully saturated rings. The summed E-state index contributed by atoms with van der Waals surface area (Å²) < 4.78 is 0. The number of hydrogen-bond donors (Lipinski definition) is 2. The number of carboxylic acids is 1. The molecule has 2 N–H and O–H groups in total. The van der Waals surface area contributed by atoms with Crippen LogP contribution in [0.1, 0.15) is 0 Å². The Morgan fingerprint density at radius 2 is 2.40 bits per heavy atom. The molecular formula is C5H9NO2SY-2. The first kappa shape index (κ1) is 13.5. The SMILES string of the molecule is O=C(O)C1CS[CH-]N1.[CH3-].[Y]. The molecule has 57 valence electrons. The van der Waals surface area contributed by atoms with E-state index in [-0.39, 0.29) is 46.2 Å². The fourth-order valence-electron chi connectivity index (χ4n) is 0.465. The second-order valence-corrected chi connectivity index (χ2v) is 2.41. The number of nitrogens with one attached hydrogen (secondary N) is 1. The van der Waals surface area contributed by atoms with Crippen molar-refractivity contribution in [2.75, 3.05) is 5.75 Å². The van der Waals surface area contributed by atoms with E-state index in [9.17, 15) is 4.79 Å². The minimum absolute atomic E-state index is 0.